The van der Waals surface area contributed by atoms with Crippen molar-refractivity contribution in [1.82, 2.24) is 15.0 Å². The minimum absolute atomic E-state index is 0.0264. The zero-order valence-corrected chi connectivity index (χ0v) is 10.7. The number of fused-ring (bicyclic) bond motifs is 1. The van der Waals surface area contributed by atoms with Gasteiger partial charge in [-0.2, -0.15) is 0 Å². The van der Waals surface area contributed by atoms with Crippen molar-refractivity contribution in [1.29, 1.82) is 5.41 Å². The molecule has 0 amide bonds. The maximum absolute atomic E-state index is 10.6. The van der Waals surface area contributed by atoms with Gasteiger partial charge in [-0.1, -0.05) is 0 Å². The quantitative estimate of drug-likeness (QED) is 0.291. The van der Waals surface area contributed by atoms with Crippen LogP contribution in [0.4, 0.5) is 5.69 Å². The summed E-state index contributed by atoms with van der Waals surface area (Å²) in [4.78, 5) is 21.5. The molecule has 8 nitrogen and oxygen atoms in total. The fourth-order valence-electron chi connectivity index (χ4n) is 1.93. The highest BCUT2D eigenvalue weighted by Gasteiger charge is 2.10. The van der Waals surface area contributed by atoms with Crippen molar-refractivity contribution in [3.05, 3.63) is 52.2 Å². The highest BCUT2D eigenvalue weighted by atomic mass is 16.6. The first kappa shape index (κ1) is 12.7. The first-order chi connectivity index (χ1) is 10.0. The van der Waals surface area contributed by atoms with Gasteiger partial charge in [0.25, 0.3) is 5.69 Å². The SMILES string of the molecule is N=C(N)c1ccc2nc(-c3ccc([N+](=O)[O-])cn3)[nH]c2c1. The molecule has 0 spiro atoms. The van der Waals surface area contributed by atoms with Crippen molar-refractivity contribution in [3.63, 3.8) is 0 Å². The van der Waals surface area contributed by atoms with Crippen molar-refractivity contribution < 1.29 is 4.92 Å². The van der Waals surface area contributed by atoms with Crippen molar-refractivity contribution >= 4 is 22.6 Å². The Hall–Kier alpha value is -3.29. The molecule has 2 aromatic heterocycles. The van der Waals surface area contributed by atoms with Gasteiger partial charge in [0.1, 0.15) is 17.7 Å². The van der Waals surface area contributed by atoms with Gasteiger partial charge in [-0.15, -0.1) is 0 Å². The number of imidazole rings is 1. The maximum Gasteiger partial charge on any atom is 0.287 e. The van der Waals surface area contributed by atoms with E-state index in [9.17, 15) is 10.1 Å². The normalized spacial score (nSPS) is 10.7. The second kappa shape index (κ2) is 4.67. The van der Waals surface area contributed by atoms with E-state index in [2.05, 4.69) is 15.0 Å². The third kappa shape index (κ3) is 2.29. The Morgan fingerprint density at radius 3 is 2.76 bits per heavy atom. The number of aromatic nitrogens is 3. The molecule has 0 fully saturated rings. The summed E-state index contributed by atoms with van der Waals surface area (Å²) in [5.41, 5.74) is 7.88. The highest BCUT2D eigenvalue weighted by molar-refractivity contribution is 5.98. The Kier molecular flexibility index (Phi) is 2.83. The van der Waals surface area contributed by atoms with Crippen LogP contribution in [0.5, 0.6) is 0 Å². The lowest BCUT2D eigenvalue weighted by Crippen LogP contribution is -2.10. The van der Waals surface area contributed by atoms with Crippen LogP contribution in [0, 0.1) is 15.5 Å². The van der Waals surface area contributed by atoms with Crippen molar-refractivity contribution in [2.24, 2.45) is 5.73 Å². The lowest BCUT2D eigenvalue weighted by atomic mass is 10.2. The van der Waals surface area contributed by atoms with Crippen molar-refractivity contribution in [3.8, 4) is 11.5 Å². The Morgan fingerprint density at radius 2 is 2.14 bits per heavy atom. The van der Waals surface area contributed by atoms with Crippen LogP contribution in [0.1, 0.15) is 5.56 Å². The van der Waals surface area contributed by atoms with Gasteiger partial charge in [0.2, 0.25) is 0 Å². The molecule has 0 atom stereocenters. The topological polar surface area (TPSA) is 135 Å². The number of rotatable bonds is 3. The number of nitrogen functional groups attached to an aromatic ring is 1. The fourth-order valence-corrected chi connectivity index (χ4v) is 1.93. The number of hydrogen-bond donors (Lipinski definition) is 3. The molecule has 0 saturated carbocycles. The van der Waals surface area contributed by atoms with E-state index in [4.69, 9.17) is 11.1 Å². The number of hydrogen-bond acceptors (Lipinski definition) is 5. The Morgan fingerprint density at radius 1 is 1.33 bits per heavy atom. The number of nitro groups is 1. The standard InChI is InChI=1S/C13H10N6O2/c14-12(15)7-1-3-9-11(5-7)18-13(17-9)10-4-2-8(6-16-10)19(20)21/h1-6H,(H3,14,15)(H,17,18). The van der Waals surface area contributed by atoms with Crippen molar-refractivity contribution in [2.45, 2.75) is 0 Å². The fraction of sp³-hybridized carbons (Fsp3) is 0. The molecule has 0 unspecified atom stereocenters. The first-order valence-corrected chi connectivity index (χ1v) is 5.99. The Bertz CT molecular complexity index is 853. The number of pyridine rings is 1. The summed E-state index contributed by atoms with van der Waals surface area (Å²) in [5, 5.41) is 18.0. The van der Waals surface area contributed by atoms with Gasteiger partial charge in [0, 0.05) is 11.6 Å². The van der Waals surface area contributed by atoms with Crippen LogP contribution >= 0.6 is 0 Å². The van der Waals surface area contributed by atoms with Gasteiger partial charge in [0.05, 0.1) is 16.0 Å². The van der Waals surface area contributed by atoms with E-state index in [1.165, 1.54) is 18.3 Å². The predicted molar refractivity (Wildman–Crippen MR) is 77.0 cm³/mol. The molecule has 0 aliphatic heterocycles. The number of H-pyrrole nitrogens is 1. The molecular weight excluding hydrogens is 272 g/mol. The molecule has 0 radical (unpaired) electrons. The summed E-state index contributed by atoms with van der Waals surface area (Å²) in [6.45, 7) is 0. The molecule has 3 rings (SSSR count). The summed E-state index contributed by atoms with van der Waals surface area (Å²) in [6, 6.07) is 8.08. The van der Waals surface area contributed by atoms with E-state index < -0.39 is 4.92 Å². The average Bonchev–Trinajstić information content (AvgIpc) is 2.90. The van der Waals surface area contributed by atoms with Gasteiger partial charge >= 0.3 is 0 Å². The largest absolute Gasteiger partial charge is 0.384 e. The van der Waals surface area contributed by atoms with Crippen LogP contribution in [0.3, 0.4) is 0 Å². The zero-order chi connectivity index (χ0) is 15.0. The summed E-state index contributed by atoms with van der Waals surface area (Å²) in [6.07, 6.45) is 1.18. The van der Waals surface area contributed by atoms with Crippen LogP contribution in [0.25, 0.3) is 22.6 Å². The number of aromatic amines is 1. The molecule has 8 heteroatoms. The van der Waals surface area contributed by atoms with Crippen LogP contribution in [-0.4, -0.2) is 25.7 Å². The smallest absolute Gasteiger partial charge is 0.287 e. The maximum atomic E-state index is 10.6. The van der Waals surface area contributed by atoms with Gasteiger partial charge in [-0.05, 0) is 24.3 Å². The molecule has 4 N–H and O–H groups in total. The number of nitrogens with zero attached hydrogens (tertiary/aromatic N) is 3. The lowest BCUT2D eigenvalue weighted by Gasteiger charge is -1.96. The summed E-state index contributed by atoms with van der Waals surface area (Å²) in [7, 11) is 0. The third-order valence-corrected chi connectivity index (χ3v) is 2.99. The van der Waals surface area contributed by atoms with E-state index >= 15 is 0 Å². The average molecular weight is 282 g/mol. The second-order valence-corrected chi connectivity index (χ2v) is 4.39. The van der Waals surface area contributed by atoms with Gasteiger partial charge in [0.15, 0.2) is 5.82 Å². The Balaban J connectivity index is 2.04. The second-order valence-electron chi connectivity index (χ2n) is 4.39. The molecule has 104 valence electrons. The molecule has 3 aromatic rings. The van der Waals surface area contributed by atoms with E-state index in [1.54, 1.807) is 18.2 Å². The summed E-state index contributed by atoms with van der Waals surface area (Å²) < 4.78 is 0. The monoisotopic (exact) mass is 282 g/mol. The lowest BCUT2D eigenvalue weighted by molar-refractivity contribution is -0.385. The molecule has 0 bridgehead atoms. The molecule has 0 saturated heterocycles. The van der Waals surface area contributed by atoms with E-state index in [1.807, 2.05) is 0 Å². The number of amidine groups is 1. The molecular formula is C13H10N6O2. The highest BCUT2D eigenvalue weighted by Crippen LogP contribution is 2.21. The van der Waals surface area contributed by atoms with E-state index in [0.29, 0.717) is 22.6 Å². The van der Waals surface area contributed by atoms with Crippen LogP contribution in [-0.2, 0) is 0 Å². The van der Waals surface area contributed by atoms with Crippen LogP contribution in [0.15, 0.2) is 36.5 Å². The molecule has 0 aliphatic carbocycles. The molecule has 2 heterocycles. The van der Waals surface area contributed by atoms with Crippen molar-refractivity contribution in [2.75, 3.05) is 0 Å². The summed E-state index contributed by atoms with van der Waals surface area (Å²) in [5.74, 6) is 0.474. The van der Waals surface area contributed by atoms with Crippen LogP contribution in [0.2, 0.25) is 0 Å². The van der Waals surface area contributed by atoms with E-state index in [0.717, 1.165) is 5.52 Å². The first-order valence-electron chi connectivity index (χ1n) is 5.99. The number of nitrogens with one attached hydrogen (secondary N) is 2. The molecule has 0 aliphatic rings. The predicted octanol–water partition coefficient (Wildman–Crippen LogP) is 1.82. The minimum atomic E-state index is -0.505. The molecule has 1 aromatic carbocycles. The Labute approximate surface area is 118 Å². The number of nitrogens with two attached hydrogens (primary N) is 1. The molecule has 21 heavy (non-hydrogen) atoms. The summed E-state index contributed by atoms with van der Waals surface area (Å²) >= 11 is 0. The van der Waals surface area contributed by atoms with Gasteiger partial charge < -0.3 is 10.7 Å². The third-order valence-electron chi connectivity index (χ3n) is 2.99. The minimum Gasteiger partial charge on any atom is -0.384 e. The van der Waals surface area contributed by atoms with Crippen LogP contribution < -0.4 is 5.73 Å². The zero-order valence-electron chi connectivity index (χ0n) is 10.7. The van der Waals surface area contributed by atoms with Gasteiger partial charge in [-0.3, -0.25) is 15.5 Å². The number of benzene rings is 1. The van der Waals surface area contributed by atoms with Gasteiger partial charge in [-0.25, -0.2) is 9.97 Å². The van der Waals surface area contributed by atoms with E-state index in [-0.39, 0.29) is 11.5 Å².